The standard InChI is InChI=1S/C6H12O3.C4H10O3/c1-2-3-4-9-5-6(7)8;5-1-3-7-4-2-6/h2-5H2,1H3,(H,7,8);5-6H,1-4H2. The van der Waals surface area contributed by atoms with Gasteiger partial charge in [0, 0.05) is 6.61 Å². The molecule has 0 aliphatic heterocycles. The second-order valence-corrected chi connectivity index (χ2v) is 2.86. The Morgan fingerprint density at radius 2 is 1.62 bits per heavy atom. The highest BCUT2D eigenvalue weighted by atomic mass is 16.5. The highest BCUT2D eigenvalue weighted by molar-refractivity contribution is 5.67. The summed E-state index contributed by atoms with van der Waals surface area (Å²) in [5.74, 6) is -0.897. The van der Waals surface area contributed by atoms with Gasteiger partial charge in [-0.05, 0) is 6.42 Å². The maximum absolute atomic E-state index is 9.84. The summed E-state index contributed by atoms with van der Waals surface area (Å²) in [7, 11) is 0. The quantitative estimate of drug-likeness (QED) is 0.484. The third-order valence-corrected chi connectivity index (χ3v) is 1.34. The number of hydrogen-bond donors (Lipinski definition) is 3. The van der Waals surface area contributed by atoms with Gasteiger partial charge in [-0.2, -0.15) is 0 Å². The zero-order valence-electron chi connectivity index (χ0n) is 9.72. The predicted molar refractivity (Wildman–Crippen MR) is 58.4 cm³/mol. The van der Waals surface area contributed by atoms with Gasteiger partial charge < -0.3 is 24.8 Å². The van der Waals surface area contributed by atoms with E-state index in [1.165, 1.54) is 0 Å². The van der Waals surface area contributed by atoms with Gasteiger partial charge in [-0.3, -0.25) is 0 Å². The van der Waals surface area contributed by atoms with E-state index in [2.05, 4.69) is 4.74 Å². The molecule has 16 heavy (non-hydrogen) atoms. The topological polar surface area (TPSA) is 96.2 Å². The zero-order chi connectivity index (χ0) is 12.6. The van der Waals surface area contributed by atoms with Crippen molar-refractivity contribution < 1.29 is 29.6 Å². The number of carboxylic acid groups (broad SMARTS) is 1. The van der Waals surface area contributed by atoms with Crippen LogP contribution in [0.1, 0.15) is 19.8 Å². The van der Waals surface area contributed by atoms with E-state index >= 15 is 0 Å². The van der Waals surface area contributed by atoms with E-state index in [0.29, 0.717) is 19.8 Å². The van der Waals surface area contributed by atoms with Crippen LogP contribution in [0, 0.1) is 0 Å². The molecule has 6 nitrogen and oxygen atoms in total. The molecule has 6 heteroatoms. The Labute approximate surface area is 95.8 Å². The Balaban J connectivity index is 0. The number of aliphatic carboxylic acids is 1. The monoisotopic (exact) mass is 238 g/mol. The normalized spacial score (nSPS) is 9.44. The van der Waals surface area contributed by atoms with Crippen LogP contribution in [-0.2, 0) is 14.3 Å². The van der Waals surface area contributed by atoms with Crippen molar-refractivity contribution in [3.05, 3.63) is 0 Å². The number of aliphatic hydroxyl groups is 2. The van der Waals surface area contributed by atoms with Crippen LogP contribution in [0.5, 0.6) is 0 Å². The summed E-state index contributed by atoms with van der Waals surface area (Å²) in [6.07, 6.45) is 1.98. The molecule has 0 aliphatic carbocycles. The Bertz CT molecular complexity index is 135. The van der Waals surface area contributed by atoms with Gasteiger partial charge in [0.1, 0.15) is 6.61 Å². The van der Waals surface area contributed by atoms with Crippen molar-refractivity contribution in [2.45, 2.75) is 19.8 Å². The van der Waals surface area contributed by atoms with E-state index in [4.69, 9.17) is 20.1 Å². The van der Waals surface area contributed by atoms with Crippen LogP contribution in [0.25, 0.3) is 0 Å². The largest absolute Gasteiger partial charge is 0.480 e. The molecule has 0 aliphatic rings. The number of unbranched alkanes of at least 4 members (excludes halogenated alkanes) is 1. The lowest BCUT2D eigenvalue weighted by molar-refractivity contribution is -0.142. The molecule has 0 rings (SSSR count). The van der Waals surface area contributed by atoms with E-state index in [9.17, 15) is 4.79 Å². The number of aliphatic hydroxyl groups excluding tert-OH is 2. The van der Waals surface area contributed by atoms with Crippen LogP contribution in [0.2, 0.25) is 0 Å². The molecule has 98 valence electrons. The van der Waals surface area contributed by atoms with Gasteiger partial charge in [-0.1, -0.05) is 13.3 Å². The molecule has 0 unspecified atom stereocenters. The molecule has 0 aromatic rings. The smallest absolute Gasteiger partial charge is 0.329 e. The third kappa shape index (κ3) is 23.3. The van der Waals surface area contributed by atoms with Gasteiger partial charge in [-0.25, -0.2) is 4.79 Å². The average Bonchev–Trinajstić information content (AvgIpc) is 2.26. The maximum Gasteiger partial charge on any atom is 0.329 e. The summed E-state index contributed by atoms with van der Waals surface area (Å²) >= 11 is 0. The summed E-state index contributed by atoms with van der Waals surface area (Å²) < 4.78 is 9.37. The minimum atomic E-state index is -0.897. The minimum absolute atomic E-state index is 0.0278. The predicted octanol–water partition coefficient (Wildman–Crippen LogP) is -0.125. The molecule has 3 N–H and O–H groups in total. The fourth-order valence-electron chi connectivity index (χ4n) is 0.637. The summed E-state index contributed by atoms with van der Waals surface area (Å²) in [5.41, 5.74) is 0. The van der Waals surface area contributed by atoms with Crippen molar-refractivity contribution in [3.63, 3.8) is 0 Å². The third-order valence-electron chi connectivity index (χ3n) is 1.34. The molecule has 0 radical (unpaired) electrons. The highest BCUT2D eigenvalue weighted by Crippen LogP contribution is 1.86. The van der Waals surface area contributed by atoms with Crippen molar-refractivity contribution in [1.82, 2.24) is 0 Å². The fourth-order valence-corrected chi connectivity index (χ4v) is 0.637. The molecule has 0 atom stereocenters. The van der Waals surface area contributed by atoms with E-state index in [0.717, 1.165) is 12.8 Å². The van der Waals surface area contributed by atoms with Gasteiger partial charge in [0.05, 0.1) is 26.4 Å². The Morgan fingerprint density at radius 3 is 2.00 bits per heavy atom. The number of hydrogen-bond acceptors (Lipinski definition) is 5. The molecule has 0 amide bonds. The molecule has 0 heterocycles. The molecule has 0 aromatic heterocycles. The van der Waals surface area contributed by atoms with Crippen LogP contribution in [0.4, 0.5) is 0 Å². The van der Waals surface area contributed by atoms with Crippen molar-refractivity contribution in [1.29, 1.82) is 0 Å². The maximum atomic E-state index is 9.84. The van der Waals surface area contributed by atoms with Gasteiger partial charge >= 0.3 is 5.97 Å². The fraction of sp³-hybridized carbons (Fsp3) is 0.900. The molecule has 0 aromatic carbocycles. The second kappa shape index (κ2) is 16.7. The molecular weight excluding hydrogens is 216 g/mol. The van der Waals surface area contributed by atoms with Gasteiger partial charge in [0.2, 0.25) is 0 Å². The average molecular weight is 238 g/mol. The van der Waals surface area contributed by atoms with Gasteiger partial charge in [0.25, 0.3) is 0 Å². The van der Waals surface area contributed by atoms with Crippen molar-refractivity contribution in [2.24, 2.45) is 0 Å². The van der Waals surface area contributed by atoms with Crippen LogP contribution < -0.4 is 0 Å². The van der Waals surface area contributed by atoms with E-state index < -0.39 is 5.97 Å². The van der Waals surface area contributed by atoms with Crippen LogP contribution in [0.3, 0.4) is 0 Å². The first-order chi connectivity index (χ1) is 7.68. The lowest BCUT2D eigenvalue weighted by Crippen LogP contribution is -2.07. The first-order valence-corrected chi connectivity index (χ1v) is 5.28. The Kier molecular flexibility index (Phi) is 18.5. The van der Waals surface area contributed by atoms with E-state index in [1.54, 1.807) is 0 Å². The molecular formula is C10H22O6. The van der Waals surface area contributed by atoms with Crippen molar-refractivity contribution >= 4 is 5.97 Å². The second-order valence-electron chi connectivity index (χ2n) is 2.86. The molecule has 0 spiro atoms. The first kappa shape index (κ1) is 17.7. The lowest BCUT2D eigenvalue weighted by Gasteiger charge is -1.96. The van der Waals surface area contributed by atoms with E-state index in [1.807, 2.05) is 6.92 Å². The Morgan fingerprint density at radius 1 is 1.06 bits per heavy atom. The number of carboxylic acids is 1. The van der Waals surface area contributed by atoms with Gasteiger partial charge in [0.15, 0.2) is 0 Å². The molecule has 0 saturated heterocycles. The summed E-state index contributed by atoms with van der Waals surface area (Å²) in [5, 5.41) is 24.3. The van der Waals surface area contributed by atoms with Crippen molar-refractivity contribution in [3.8, 4) is 0 Å². The zero-order valence-corrected chi connectivity index (χ0v) is 9.72. The van der Waals surface area contributed by atoms with E-state index in [-0.39, 0.29) is 19.8 Å². The highest BCUT2D eigenvalue weighted by Gasteiger charge is 1.93. The lowest BCUT2D eigenvalue weighted by atomic mass is 10.4. The van der Waals surface area contributed by atoms with Crippen molar-refractivity contribution in [2.75, 3.05) is 39.6 Å². The summed E-state index contributed by atoms with van der Waals surface area (Å²) in [6.45, 7) is 3.12. The van der Waals surface area contributed by atoms with Gasteiger partial charge in [-0.15, -0.1) is 0 Å². The SMILES string of the molecule is CCCCOCC(=O)O.OCCOCCO. The number of ether oxygens (including phenoxy) is 2. The van der Waals surface area contributed by atoms with Crippen LogP contribution >= 0.6 is 0 Å². The number of rotatable bonds is 9. The number of carbonyl (C=O) groups is 1. The van der Waals surface area contributed by atoms with Crippen LogP contribution in [-0.4, -0.2) is 60.9 Å². The first-order valence-electron chi connectivity index (χ1n) is 5.28. The minimum Gasteiger partial charge on any atom is -0.480 e. The van der Waals surface area contributed by atoms with Crippen LogP contribution in [0.15, 0.2) is 0 Å². The molecule has 0 bridgehead atoms. The molecule has 0 saturated carbocycles. The summed E-state index contributed by atoms with van der Waals surface area (Å²) in [4.78, 5) is 9.84. The summed E-state index contributed by atoms with van der Waals surface area (Å²) in [6, 6.07) is 0. The Hall–Kier alpha value is -0.690. The molecule has 0 fully saturated rings.